The minimum Gasteiger partial charge on any atom is -0.269 e. The first kappa shape index (κ1) is 15.3. The molecule has 21 heavy (non-hydrogen) atoms. The minimum atomic E-state index is -3.30. The SMILES string of the molecule is CCn1nccc1CS(=O)(=O)Cc1ccc(C)c(C#N)c1. The Hall–Kier alpha value is -2.13. The molecule has 0 unspecified atom stereocenters. The van der Waals surface area contributed by atoms with Crippen molar-refractivity contribution in [3.63, 3.8) is 0 Å². The Morgan fingerprint density at radius 1 is 1.29 bits per heavy atom. The highest BCUT2D eigenvalue weighted by Crippen LogP contribution is 2.16. The quantitative estimate of drug-likeness (QED) is 0.848. The number of sulfone groups is 1. The summed E-state index contributed by atoms with van der Waals surface area (Å²) in [6, 6.07) is 8.97. The zero-order chi connectivity index (χ0) is 15.5. The molecule has 0 aliphatic rings. The molecular formula is C15H17N3O2S. The second kappa shape index (κ2) is 6.10. The molecule has 0 aliphatic carbocycles. The molecule has 0 N–H and O–H groups in total. The lowest BCUT2D eigenvalue weighted by Crippen LogP contribution is -2.12. The first-order valence-corrected chi connectivity index (χ1v) is 8.48. The molecule has 1 aromatic heterocycles. The van der Waals surface area contributed by atoms with Crippen LogP contribution >= 0.6 is 0 Å². The van der Waals surface area contributed by atoms with Crippen LogP contribution in [0.3, 0.4) is 0 Å². The van der Waals surface area contributed by atoms with Crippen LogP contribution in [0.2, 0.25) is 0 Å². The van der Waals surface area contributed by atoms with Crippen molar-refractivity contribution >= 4 is 9.84 Å². The summed E-state index contributed by atoms with van der Waals surface area (Å²) in [4.78, 5) is 0. The molecule has 0 saturated heterocycles. The van der Waals surface area contributed by atoms with Gasteiger partial charge in [0.1, 0.15) is 0 Å². The summed E-state index contributed by atoms with van der Waals surface area (Å²) in [5.74, 6) is -0.118. The van der Waals surface area contributed by atoms with Gasteiger partial charge in [0.25, 0.3) is 0 Å². The smallest absolute Gasteiger partial charge is 0.160 e. The minimum absolute atomic E-state index is 0.0450. The van der Waals surface area contributed by atoms with E-state index in [4.69, 9.17) is 5.26 Å². The molecular weight excluding hydrogens is 286 g/mol. The van der Waals surface area contributed by atoms with Crippen LogP contribution < -0.4 is 0 Å². The Labute approximate surface area is 124 Å². The fraction of sp³-hybridized carbons (Fsp3) is 0.333. The van der Waals surface area contributed by atoms with Crippen LogP contribution in [0.25, 0.3) is 0 Å². The Morgan fingerprint density at radius 2 is 2.05 bits per heavy atom. The van der Waals surface area contributed by atoms with Gasteiger partial charge in [-0.3, -0.25) is 4.68 Å². The first-order chi connectivity index (χ1) is 9.95. The number of benzene rings is 1. The van der Waals surface area contributed by atoms with Gasteiger partial charge < -0.3 is 0 Å². The molecule has 0 saturated carbocycles. The maximum absolute atomic E-state index is 12.3. The predicted molar refractivity (Wildman–Crippen MR) is 80.1 cm³/mol. The zero-order valence-electron chi connectivity index (χ0n) is 12.1. The van der Waals surface area contributed by atoms with Crippen LogP contribution in [0.5, 0.6) is 0 Å². The number of nitrogens with zero attached hydrogens (tertiary/aromatic N) is 3. The molecule has 1 heterocycles. The molecule has 0 aliphatic heterocycles. The van der Waals surface area contributed by atoms with Gasteiger partial charge in [0.2, 0.25) is 0 Å². The van der Waals surface area contributed by atoms with E-state index in [-0.39, 0.29) is 11.5 Å². The van der Waals surface area contributed by atoms with E-state index in [1.54, 1.807) is 35.1 Å². The third-order valence-corrected chi connectivity index (χ3v) is 4.79. The first-order valence-electron chi connectivity index (χ1n) is 6.66. The lowest BCUT2D eigenvalue weighted by molar-refractivity contribution is 0.585. The van der Waals surface area contributed by atoms with Gasteiger partial charge in [-0.1, -0.05) is 12.1 Å². The van der Waals surface area contributed by atoms with Crippen molar-refractivity contribution in [3.05, 3.63) is 52.8 Å². The zero-order valence-corrected chi connectivity index (χ0v) is 12.9. The molecule has 5 nitrogen and oxygen atoms in total. The van der Waals surface area contributed by atoms with Crippen LogP contribution in [-0.2, 0) is 27.9 Å². The Balaban J connectivity index is 2.20. The van der Waals surface area contributed by atoms with E-state index >= 15 is 0 Å². The Bertz CT molecular complexity index is 785. The summed E-state index contributed by atoms with van der Waals surface area (Å²) in [7, 11) is -3.30. The fourth-order valence-electron chi connectivity index (χ4n) is 2.18. The van der Waals surface area contributed by atoms with Gasteiger partial charge in [0.15, 0.2) is 9.84 Å². The van der Waals surface area contributed by atoms with Gasteiger partial charge in [0.05, 0.1) is 28.8 Å². The standard InChI is InChI=1S/C15H17N3O2S/c1-3-18-15(6-7-17-18)11-21(19,20)10-13-5-4-12(2)14(8-13)9-16/h4-8H,3,10-11H2,1-2H3. The number of hydrogen-bond donors (Lipinski definition) is 0. The lowest BCUT2D eigenvalue weighted by Gasteiger charge is -2.07. The van der Waals surface area contributed by atoms with Gasteiger partial charge in [-0.15, -0.1) is 0 Å². The van der Waals surface area contributed by atoms with Gasteiger partial charge in [-0.05, 0) is 37.1 Å². The fourth-order valence-corrected chi connectivity index (χ4v) is 3.66. The van der Waals surface area contributed by atoms with Crippen molar-refractivity contribution in [3.8, 4) is 6.07 Å². The third kappa shape index (κ3) is 3.70. The second-order valence-electron chi connectivity index (χ2n) is 4.93. The van der Waals surface area contributed by atoms with E-state index in [0.29, 0.717) is 23.4 Å². The average Bonchev–Trinajstić information content (AvgIpc) is 2.87. The van der Waals surface area contributed by atoms with Crippen LogP contribution in [-0.4, -0.2) is 18.2 Å². The average molecular weight is 303 g/mol. The normalized spacial score (nSPS) is 11.3. The summed E-state index contributed by atoms with van der Waals surface area (Å²) in [6.07, 6.45) is 1.61. The molecule has 2 aromatic rings. The van der Waals surface area contributed by atoms with Gasteiger partial charge >= 0.3 is 0 Å². The maximum Gasteiger partial charge on any atom is 0.160 e. The number of aryl methyl sites for hydroxylation is 2. The van der Waals surface area contributed by atoms with E-state index in [9.17, 15) is 8.42 Å². The summed E-state index contributed by atoms with van der Waals surface area (Å²) < 4.78 is 26.3. The molecule has 2 rings (SSSR count). The molecule has 1 aromatic carbocycles. The molecule has 110 valence electrons. The number of hydrogen-bond acceptors (Lipinski definition) is 4. The van der Waals surface area contributed by atoms with Crippen molar-refractivity contribution < 1.29 is 8.42 Å². The van der Waals surface area contributed by atoms with Crippen molar-refractivity contribution in [1.29, 1.82) is 5.26 Å². The Morgan fingerprint density at radius 3 is 2.71 bits per heavy atom. The summed E-state index contributed by atoms with van der Waals surface area (Å²) in [5.41, 5.74) is 2.69. The molecule has 0 bridgehead atoms. The maximum atomic E-state index is 12.3. The molecule has 0 spiro atoms. The van der Waals surface area contributed by atoms with E-state index in [2.05, 4.69) is 11.2 Å². The molecule has 0 amide bonds. The molecule has 0 radical (unpaired) electrons. The van der Waals surface area contributed by atoms with Crippen LogP contribution in [0.15, 0.2) is 30.5 Å². The van der Waals surface area contributed by atoms with E-state index in [1.165, 1.54) is 0 Å². The topological polar surface area (TPSA) is 75.8 Å². The van der Waals surface area contributed by atoms with E-state index in [0.717, 1.165) is 5.56 Å². The largest absolute Gasteiger partial charge is 0.269 e. The van der Waals surface area contributed by atoms with Crippen LogP contribution in [0.4, 0.5) is 0 Å². The van der Waals surface area contributed by atoms with Crippen molar-refractivity contribution in [1.82, 2.24) is 9.78 Å². The van der Waals surface area contributed by atoms with Gasteiger partial charge in [-0.25, -0.2) is 8.42 Å². The van der Waals surface area contributed by atoms with E-state index in [1.807, 2.05) is 13.8 Å². The number of aromatic nitrogens is 2. The highest BCUT2D eigenvalue weighted by molar-refractivity contribution is 7.89. The highest BCUT2D eigenvalue weighted by Gasteiger charge is 2.16. The number of nitriles is 1. The van der Waals surface area contributed by atoms with Gasteiger partial charge in [0, 0.05) is 12.7 Å². The van der Waals surface area contributed by atoms with Crippen LogP contribution in [0, 0.1) is 18.3 Å². The highest BCUT2D eigenvalue weighted by atomic mass is 32.2. The van der Waals surface area contributed by atoms with Crippen molar-refractivity contribution in [2.75, 3.05) is 0 Å². The van der Waals surface area contributed by atoms with Crippen molar-refractivity contribution in [2.45, 2.75) is 31.9 Å². The van der Waals surface area contributed by atoms with Crippen LogP contribution in [0.1, 0.15) is 29.3 Å². The monoisotopic (exact) mass is 303 g/mol. The predicted octanol–water partition coefficient (Wildman–Crippen LogP) is 2.20. The Kier molecular flexibility index (Phi) is 4.43. The summed E-state index contributed by atoms with van der Waals surface area (Å²) >= 11 is 0. The third-order valence-electron chi connectivity index (χ3n) is 3.28. The van der Waals surface area contributed by atoms with Gasteiger partial charge in [-0.2, -0.15) is 10.4 Å². The molecule has 0 fully saturated rings. The summed E-state index contributed by atoms with van der Waals surface area (Å²) in [5, 5.41) is 13.1. The molecule has 0 atom stereocenters. The van der Waals surface area contributed by atoms with E-state index < -0.39 is 9.84 Å². The number of rotatable bonds is 5. The molecule has 6 heteroatoms. The van der Waals surface area contributed by atoms with Crippen molar-refractivity contribution in [2.24, 2.45) is 0 Å². The second-order valence-corrected chi connectivity index (χ2v) is 7.00. The lowest BCUT2D eigenvalue weighted by atomic mass is 10.1. The summed E-state index contributed by atoms with van der Waals surface area (Å²) in [6.45, 7) is 4.39.